The van der Waals surface area contributed by atoms with Crippen LogP contribution in [-0.4, -0.2) is 41.3 Å². The Morgan fingerprint density at radius 2 is 2.05 bits per heavy atom. The van der Waals surface area contributed by atoms with Crippen molar-refractivity contribution in [2.24, 2.45) is 0 Å². The number of aromatic nitrogens is 1. The van der Waals surface area contributed by atoms with Crippen LogP contribution in [0.1, 0.15) is 35.3 Å². The van der Waals surface area contributed by atoms with Gasteiger partial charge < -0.3 is 10.2 Å². The molecular weight excluding hydrogens is 278 g/mol. The molecular formula is C14H18ClN3O2. The lowest BCUT2D eigenvalue weighted by Crippen LogP contribution is -2.32. The van der Waals surface area contributed by atoms with Crippen molar-refractivity contribution < 1.29 is 9.59 Å². The molecule has 1 N–H and O–H groups in total. The van der Waals surface area contributed by atoms with E-state index in [1.807, 2.05) is 4.90 Å². The van der Waals surface area contributed by atoms with Gasteiger partial charge in [-0.3, -0.25) is 9.59 Å². The Morgan fingerprint density at radius 1 is 1.35 bits per heavy atom. The first kappa shape index (κ1) is 14.8. The number of carbonyl (C=O) groups is 2. The van der Waals surface area contributed by atoms with E-state index in [9.17, 15) is 9.59 Å². The molecule has 0 atom stereocenters. The molecule has 1 saturated heterocycles. The third kappa shape index (κ3) is 3.93. The molecule has 0 aromatic carbocycles. The standard InChI is InChI=1S/C14H18ClN3O2/c1-10-8-11(9-12(15)17-10)14(20)16-5-4-13(19)18-6-2-3-7-18/h8-9H,2-7H2,1H3,(H,16,20). The van der Waals surface area contributed by atoms with Gasteiger partial charge in [0.1, 0.15) is 5.15 Å². The minimum Gasteiger partial charge on any atom is -0.352 e. The quantitative estimate of drug-likeness (QED) is 0.861. The number of pyridine rings is 1. The lowest BCUT2D eigenvalue weighted by molar-refractivity contribution is -0.129. The van der Waals surface area contributed by atoms with Crippen LogP contribution in [0.4, 0.5) is 0 Å². The molecule has 0 unspecified atom stereocenters. The van der Waals surface area contributed by atoms with Gasteiger partial charge >= 0.3 is 0 Å². The smallest absolute Gasteiger partial charge is 0.251 e. The Bertz CT molecular complexity index is 493. The minimum atomic E-state index is -0.230. The topological polar surface area (TPSA) is 62.3 Å². The summed E-state index contributed by atoms with van der Waals surface area (Å²) in [5.74, 6) is -0.127. The molecule has 0 spiro atoms. The van der Waals surface area contributed by atoms with Gasteiger partial charge in [-0.05, 0) is 31.9 Å². The second-order valence-corrected chi connectivity index (χ2v) is 5.30. The van der Waals surface area contributed by atoms with Crippen LogP contribution in [0, 0.1) is 6.92 Å². The van der Waals surface area contributed by atoms with Gasteiger partial charge in [-0.25, -0.2) is 4.98 Å². The number of nitrogens with zero attached hydrogens (tertiary/aromatic N) is 2. The van der Waals surface area contributed by atoms with Crippen LogP contribution in [0.3, 0.4) is 0 Å². The van der Waals surface area contributed by atoms with Gasteiger partial charge in [0.25, 0.3) is 5.91 Å². The summed E-state index contributed by atoms with van der Waals surface area (Å²) in [6.45, 7) is 3.80. The molecule has 0 aliphatic carbocycles. The van der Waals surface area contributed by atoms with Crippen molar-refractivity contribution in [3.05, 3.63) is 28.5 Å². The lowest BCUT2D eigenvalue weighted by Gasteiger charge is -2.15. The predicted octanol–water partition coefficient (Wildman–Crippen LogP) is 1.79. The van der Waals surface area contributed by atoms with Gasteiger partial charge in [0.2, 0.25) is 5.91 Å². The molecule has 2 amide bonds. The fraction of sp³-hybridized carbons (Fsp3) is 0.500. The molecule has 0 bridgehead atoms. The van der Waals surface area contributed by atoms with Crippen molar-refractivity contribution in [2.45, 2.75) is 26.2 Å². The number of halogens is 1. The number of aryl methyl sites for hydroxylation is 1. The highest BCUT2D eigenvalue weighted by Crippen LogP contribution is 2.11. The lowest BCUT2D eigenvalue weighted by atomic mass is 10.2. The van der Waals surface area contributed by atoms with E-state index in [2.05, 4.69) is 10.3 Å². The van der Waals surface area contributed by atoms with Crippen molar-refractivity contribution in [1.29, 1.82) is 0 Å². The van der Waals surface area contributed by atoms with Crippen molar-refractivity contribution in [3.8, 4) is 0 Å². The molecule has 20 heavy (non-hydrogen) atoms. The van der Waals surface area contributed by atoms with E-state index in [0.29, 0.717) is 29.4 Å². The second-order valence-electron chi connectivity index (χ2n) is 4.91. The van der Waals surface area contributed by atoms with Crippen LogP contribution in [-0.2, 0) is 4.79 Å². The van der Waals surface area contributed by atoms with Crippen molar-refractivity contribution in [3.63, 3.8) is 0 Å². The largest absolute Gasteiger partial charge is 0.352 e. The molecule has 0 saturated carbocycles. The molecule has 2 rings (SSSR count). The molecule has 1 fully saturated rings. The van der Waals surface area contributed by atoms with Crippen LogP contribution < -0.4 is 5.32 Å². The Hall–Kier alpha value is -1.62. The number of carbonyl (C=O) groups excluding carboxylic acids is 2. The third-order valence-corrected chi connectivity index (χ3v) is 3.46. The van der Waals surface area contributed by atoms with E-state index in [-0.39, 0.29) is 11.8 Å². The second kappa shape index (κ2) is 6.70. The highest BCUT2D eigenvalue weighted by molar-refractivity contribution is 6.29. The highest BCUT2D eigenvalue weighted by atomic mass is 35.5. The monoisotopic (exact) mass is 295 g/mol. The van der Waals surface area contributed by atoms with E-state index >= 15 is 0 Å². The molecule has 6 heteroatoms. The van der Waals surface area contributed by atoms with Crippen LogP contribution in [0.15, 0.2) is 12.1 Å². The molecule has 1 aromatic rings. The van der Waals surface area contributed by atoms with Gasteiger partial charge in [0.05, 0.1) is 0 Å². The molecule has 108 valence electrons. The minimum absolute atomic E-state index is 0.103. The zero-order chi connectivity index (χ0) is 14.5. The molecule has 1 aliphatic heterocycles. The maximum Gasteiger partial charge on any atom is 0.251 e. The molecule has 2 heterocycles. The SMILES string of the molecule is Cc1cc(C(=O)NCCC(=O)N2CCCC2)cc(Cl)n1. The number of likely N-dealkylation sites (tertiary alicyclic amines) is 1. The van der Waals surface area contributed by atoms with Gasteiger partial charge in [0.15, 0.2) is 0 Å². The van der Waals surface area contributed by atoms with Gasteiger partial charge in [0, 0.05) is 37.3 Å². The van der Waals surface area contributed by atoms with E-state index in [1.54, 1.807) is 13.0 Å². The molecule has 0 radical (unpaired) electrons. The van der Waals surface area contributed by atoms with Crippen LogP contribution in [0.25, 0.3) is 0 Å². The van der Waals surface area contributed by atoms with Crippen LogP contribution in [0.5, 0.6) is 0 Å². The van der Waals surface area contributed by atoms with E-state index < -0.39 is 0 Å². The summed E-state index contributed by atoms with van der Waals surface area (Å²) in [6, 6.07) is 3.19. The van der Waals surface area contributed by atoms with E-state index in [0.717, 1.165) is 25.9 Å². The fourth-order valence-corrected chi connectivity index (χ4v) is 2.52. The van der Waals surface area contributed by atoms with E-state index in [1.165, 1.54) is 6.07 Å². The summed E-state index contributed by atoms with van der Waals surface area (Å²) < 4.78 is 0. The number of hydrogen-bond acceptors (Lipinski definition) is 3. The summed E-state index contributed by atoms with van der Waals surface area (Å²) in [4.78, 5) is 29.6. The summed E-state index contributed by atoms with van der Waals surface area (Å²) in [5.41, 5.74) is 1.16. The average Bonchev–Trinajstić information content (AvgIpc) is 2.91. The predicted molar refractivity (Wildman–Crippen MR) is 76.7 cm³/mol. The van der Waals surface area contributed by atoms with Gasteiger partial charge in [-0.1, -0.05) is 11.6 Å². The number of hydrogen-bond donors (Lipinski definition) is 1. The Labute approximate surface area is 123 Å². The molecule has 1 aliphatic rings. The normalized spacial score (nSPS) is 14.4. The van der Waals surface area contributed by atoms with Crippen molar-refractivity contribution >= 4 is 23.4 Å². The number of rotatable bonds is 4. The first-order chi connectivity index (χ1) is 9.56. The van der Waals surface area contributed by atoms with Crippen molar-refractivity contribution in [2.75, 3.05) is 19.6 Å². The summed E-state index contributed by atoms with van der Waals surface area (Å²) in [6.07, 6.45) is 2.49. The zero-order valence-corrected chi connectivity index (χ0v) is 12.2. The highest BCUT2D eigenvalue weighted by Gasteiger charge is 2.17. The van der Waals surface area contributed by atoms with Gasteiger partial charge in [-0.2, -0.15) is 0 Å². The summed E-state index contributed by atoms with van der Waals surface area (Å²) in [7, 11) is 0. The first-order valence-corrected chi connectivity index (χ1v) is 7.14. The van der Waals surface area contributed by atoms with Crippen LogP contribution >= 0.6 is 11.6 Å². The summed E-state index contributed by atoms with van der Waals surface area (Å²) >= 11 is 5.81. The zero-order valence-electron chi connectivity index (χ0n) is 11.5. The molecule has 5 nitrogen and oxygen atoms in total. The Morgan fingerprint density at radius 3 is 2.70 bits per heavy atom. The van der Waals surface area contributed by atoms with Crippen molar-refractivity contribution in [1.82, 2.24) is 15.2 Å². The maximum atomic E-state index is 11.9. The number of amides is 2. The molecule has 1 aromatic heterocycles. The Kier molecular flexibility index (Phi) is 4.95. The summed E-state index contributed by atoms with van der Waals surface area (Å²) in [5, 5.41) is 3.03. The third-order valence-electron chi connectivity index (χ3n) is 3.27. The van der Waals surface area contributed by atoms with Crippen LogP contribution in [0.2, 0.25) is 5.15 Å². The fourth-order valence-electron chi connectivity index (χ4n) is 2.27. The Balaban J connectivity index is 1.81. The van der Waals surface area contributed by atoms with Gasteiger partial charge in [-0.15, -0.1) is 0 Å². The number of nitrogens with one attached hydrogen (secondary N) is 1. The first-order valence-electron chi connectivity index (χ1n) is 6.76. The van der Waals surface area contributed by atoms with E-state index in [4.69, 9.17) is 11.6 Å². The average molecular weight is 296 g/mol. The maximum absolute atomic E-state index is 11.9.